The number of amides is 2. The van der Waals surface area contributed by atoms with Crippen molar-refractivity contribution in [2.24, 2.45) is 5.92 Å². The SMILES string of the molecule is Cc1ccc(S(=O)(=O)NC(CC(C)C)C(=O)Nc2ccc(N3CCCC3=O)c(Cl)c2)cc1. The summed E-state index contributed by atoms with van der Waals surface area (Å²) >= 11 is 6.36. The van der Waals surface area contributed by atoms with Crippen LogP contribution in [-0.4, -0.2) is 32.8 Å². The van der Waals surface area contributed by atoms with E-state index < -0.39 is 22.0 Å². The van der Waals surface area contributed by atoms with E-state index in [9.17, 15) is 18.0 Å². The first kappa shape index (κ1) is 24.2. The van der Waals surface area contributed by atoms with Crippen LogP contribution in [-0.2, 0) is 19.6 Å². The summed E-state index contributed by atoms with van der Waals surface area (Å²) in [4.78, 5) is 26.7. The molecule has 0 bridgehead atoms. The molecular formula is C23H28ClN3O4S. The molecule has 1 fully saturated rings. The molecule has 3 rings (SSSR count). The second-order valence-electron chi connectivity index (χ2n) is 8.42. The lowest BCUT2D eigenvalue weighted by Gasteiger charge is -2.21. The highest BCUT2D eigenvalue weighted by molar-refractivity contribution is 7.89. The van der Waals surface area contributed by atoms with Crippen LogP contribution in [0.1, 0.15) is 38.7 Å². The molecule has 1 aliphatic heterocycles. The van der Waals surface area contributed by atoms with Crippen molar-refractivity contribution >= 4 is 44.8 Å². The monoisotopic (exact) mass is 477 g/mol. The highest BCUT2D eigenvalue weighted by atomic mass is 35.5. The van der Waals surface area contributed by atoms with E-state index in [0.717, 1.165) is 12.0 Å². The Kier molecular flexibility index (Phi) is 7.59. The molecular weight excluding hydrogens is 450 g/mol. The Morgan fingerprint density at radius 2 is 1.84 bits per heavy atom. The van der Waals surface area contributed by atoms with Gasteiger partial charge in [0.1, 0.15) is 6.04 Å². The molecule has 172 valence electrons. The van der Waals surface area contributed by atoms with Gasteiger partial charge in [-0.05, 0) is 56.0 Å². The predicted molar refractivity (Wildman–Crippen MR) is 126 cm³/mol. The van der Waals surface area contributed by atoms with Crippen LogP contribution in [0.4, 0.5) is 11.4 Å². The van der Waals surface area contributed by atoms with Crippen LogP contribution in [0.2, 0.25) is 5.02 Å². The molecule has 0 aliphatic carbocycles. The van der Waals surface area contributed by atoms with E-state index in [1.165, 1.54) is 12.1 Å². The third-order valence-corrected chi connectivity index (χ3v) is 7.02. The van der Waals surface area contributed by atoms with Gasteiger partial charge in [-0.3, -0.25) is 9.59 Å². The molecule has 32 heavy (non-hydrogen) atoms. The molecule has 1 saturated heterocycles. The van der Waals surface area contributed by atoms with E-state index in [4.69, 9.17) is 11.6 Å². The highest BCUT2D eigenvalue weighted by Crippen LogP contribution is 2.31. The molecule has 1 heterocycles. The molecule has 1 unspecified atom stereocenters. The lowest BCUT2D eigenvalue weighted by atomic mass is 10.0. The molecule has 1 aliphatic rings. The van der Waals surface area contributed by atoms with Crippen LogP contribution < -0.4 is 14.9 Å². The van der Waals surface area contributed by atoms with Gasteiger partial charge in [0.15, 0.2) is 0 Å². The normalized spacial score (nSPS) is 15.3. The Balaban J connectivity index is 1.76. The molecule has 2 N–H and O–H groups in total. The van der Waals surface area contributed by atoms with Crippen molar-refractivity contribution in [1.29, 1.82) is 0 Å². The Morgan fingerprint density at radius 3 is 2.41 bits per heavy atom. The number of halogens is 1. The van der Waals surface area contributed by atoms with E-state index in [0.29, 0.717) is 35.8 Å². The number of nitrogens with one attached hydrogen (secondary N) is 2. The van der Waals surface area contributed by atoms with Gasteiger partial charge in [-0.2, -0.15) is 4.72 Å². The van der Waals surface area contributed by atoms with Gasteiger partial charge in [0.25, 0.3) is 0 Å². The quantitative estimate of drug-likeness (QED) is 0.598. The van der Waals surface area contributed by atoms with Gasteiger partial charge >= 0.3 is 0 Å². The van der Waals surface area contributed by atoms with Gasteiger partial charge in [-0.15, -0.1) is 0 Å². The molecule has 0 saturated carbocycles. The van der Waals surface area contributed by atoms with Gasteiger partial charge in [0.05, 0.1) is 15.6 Å². The minimum absolute atomic E-state index is 0.0196. The fraction of sp³-hybridized carbons (Fsp3) is 0.391. The Hall–Kier alpha value is -2.42. The van der Waals surface area contributed by atoms with Gasteiger partial charge < -0.3 is 10.2 Å². The van der Waals surface area contributed by atoms with Crippen LogP contribution >= 0.6 is 11.6 Å². The van der Waals surface area contributed by atoms with Crippen molar-refractivity contribution in [3.05, 3.63) is 53.1 Å². The second-order valence-corrected chi connectivity index (χ2v) is 10.5. The number of hydrogen-bond donors (Lipinski definition) is 2. The molecule has 9 heteroatoms. The average Bonchev–Trinajstić information content (AvgIpc) is 3.13. The fourth-order valence-electron chi connectivity index (χ4n) is 3.59. The van der Waals surface area contributed by atoms with E-state index in [2.05, 4.69) is 10.0 Å². The number of anilines is 2. The van der Waals surface area contributed by atoms with E-state index in [-0.39, 0.29) is 16.7 Å². The maximum Gasteiger partial charge on any atom is 0.242 e. The molecule has 2 aromatic carbocycles. The minimum Gasteiger partial charge on any atom is -0.325 e. The van der Waals surface area contributed by atoms with Crippen LogP contribution in [0.15, 0.2) is 47.4 Å². The van der Waals surface area contributed by atoms with E-state index in [1.807, 2.05) is 20.8 Å². The zero-order valence-electron chi connectivity index (χ0n) is 18.4. The van der Waals surface area contributed by atoms with Crippen molar-refractivity contribution in [2.75, 3.05) is 16.8 Å². The predicted octanol–water partition coefficient (Wildman–Crippen LogP) is 4.11. The Morgan fingerprint density at radius 1 is 1.16 bits per heavy atom. The third kappa shape index (κ3) is 5.88. The first-order chi connectivity index (χ1) is 15.1. The number of aryl methyl sites for hydroxylation is 1. The lowest BCUT2D eigenvalue weighted by Crippen LogP contribution is -2.44. The maximum atomic E-state index is 13.0. The summed E-state index contributed by atoms with van der Waals surface area (Å²) in [5.74, 6) is -0.375. The summed E-state index contributed by atoms with van der Waals surface area (Å²) in [5, 5.41) is 3.09. The van der Waals surface area contributed by atoms with Crippen molar-refractivity contribution in [2.45, 2.75) is 51.0 Å². The summed E-state index contributed by atoms with van der Waals surface area (Å²) in [7, 11) is -3.87. The third-order valence-electron chi connectivity index (χ3n) is 5.23. The van der Waals surface area contributed by atoms with Gasteiger partial charge in [-0.25, -0.2) is 8.42 Å². The summed E-state index contributed by atoms with van der Waals surface area (Å²) < 4.78 is 28.2. The highest BCUT2D eigenvalue weighted by Gasteiger charge is 2.27. The zero-order valence-corrected chi connectivity index (χ0v) is 20.0. The van der Waals surface area contributed by atoms with Crippen LogP contribution in [0.3, 0.4) is 0 Å². The summed E-state index contributed by atoms with van der Waals surface area (Å²) in [6, 6.07) is 10.4. The van der Waals surface area contributed by atoms with Crippen molar-refractivity contribution < 1.29 is 18.0 Å². The fourth-order valence-corrected chi connectivity index (χ4v) is 5.08. The van der Waals surface area contributed by atoms with Gasteiger partial charge in [0.2, 0.25) is 21.8 Å². The Bertz CT molecular complexity index is 1100. The smallest absolute Gasteiger partial charge is 0.242 e. The number of benzene rings is 2. The zero-order chi connectivity index (χ0) is 23.5. The molecule has 7 nitrogen and oxygen atoms in total. The molecule has 0 aromatic heterocycles. The topological polar surface area (TPSA) is 95.6 Å². The summed E-state index contributed by atoms with van der Waals surface area (Å²) in [6.07, 6.45) is 1.60. The first-order valence-corrected chi connectivity index (χ1v) is 12.4. The number of hydrogen-bond acceptors (Lipinski definition) is 4. The van der Waals surface area contributed by atoms with Crippen LogP contribution in [0, 0.1) is 12.8 Å². The maximum absolute atomic E-state index is 13.0. The lowest BCUT2D eigenvalue weighted by molar-refractivity contribution is -0.118. The summed E-state index contributed by atoms with van der Waals surface area (Å²) in [6.45, 7) is 6.31. The number of rotatable bonds is 8. The molecule has 2 amide bonds. The molecule has 1 atom stereocenters. The minimum atomic E-state index is -3.87. The number of sulfonamides is 1. The largest absolute Gasteiger partial charge is 0.325 e. The van der Waals surface area contributed by atoms with Crippen molar-refractivity contribution in [3.8, 4) is 0 Å². The van der Waals surface area contributed by atoms with Gasteiger partial charge in [-0.1, -0.05) is 43.1 Å². The number of carbonyl (C=O) groups excluding carboxylic acids is 2. The molecule has 0 spiro atoms. The molecule has 0 radical (unpaired) electrons. The number of carbonyl (C=O) groups is 2. The average molecular weight is 478 g/mol. The van der Waals surface area contributed by atoms with Crippen molar-refractivity contribution in [1.82, 2.24) is 4.72 Å². The van der Waals surface area contributed by atoms with Crippen LogP contribution in [0.25, 0.3) is 0 Å². The van der Waals surface area contributed by atoms with Crippen LogP contribution in [0.5, 0.6) is 0 Å². The standard InChI is InChI=1S/C23H28ClN3O4S/c1-15(2)13-20(26-32(30,31)18-9-6-16(3)7-10-18)23(29)25-17-8-11-21(19(24)14-17)27-12-4-5-22(27)28/h6-11,14-15,20,26H,4-5,12-13H2,1-3H3,(H,25,29). The second kappa shape index (κ2) is 10.0. The van der Waals surface area contributed by atoms with Crippen molar-refractivity contribution in [3.63, 3.8) is 0 Å². The van der Waals surface area contributed by atoms with E-state index in [1.54, 1.807) is 35.2 Å². The molecule has 2 aromatic rings. The number of nitrogens with zero attached hydrogens (tertiary/aromatic N) is 1. The first-order valence-electron chi connectivity index (χ1n) is 10.6. The summed E-state index contributed by atoms with van der Waals surface area (Å²) in [5.41, 5.74) is 1.97. The Labute approximate surface area is 194 Å². The van der Waals surface area contributed by atoms with E-state index >= 15 is 0 Å². The van der Waals surface area contributed by atoms with Gasteiger partial charge in [0, 0.05) is 18.7 Å².